The molecule has 0 unspecified atom stereocenters. The maximum absolute atomic E-state index is 11.3. The number of hydrogen-bond acceptors (Lipinski definition) is 2. The van der Waals surface area contributed by atoms with Crippen LogP contribution >= 0.6 is 11.6 Å². The molecule has 0 heterocycles. The quantitative estimate of drug-likeness (QED) is 0.327. The Morgan fingerprint density at radius 1 is 1.22 bits per heavy atom. The third kappa shape index (κ3) is 8.14. The van der Waals surface area contributed by atoms with E-state index in [0.717, 1.165) is 0 Å². The Labute approximate surface area is 58.9 Å². The van der Waals surface area contributed by atoms with E-state index >= 15 is 0 Å². The molecule has 0 spiro atoms. The van der Waals surface area contributed by atoms with Gasteiger partial charge < -0.3 is 9.47 Å². The molecule has 0 aliphatic carbocycles. The summed E-state index contributed by atoms with van der Waals surface area (Å²) in [5, 5.41) is 0. The molecule has 0 bridgehead atoms. The highest BCUT2D eigenvalue weighted by atomic mass is 35.5. The highest BCUT2D eigenvalue weighted by molar-refractivity contribution is 6.17. The van der Waals surface area contributed by atoms with Gasteiger partial charge in [-0.05, 0) is 0 Å². The van der Waals surface area contributed by atoms with Crippen molar-refractivity contribution in [3.05, 3.63) is 0 Å². The Balaban J connectivity index is 2.60. The van der Waals surface area contributed by atoms with Crippen LogP contribution in [0.1, 0.15) is 0 Å². The van der Waals surface area contributed by atoms with E-state index in [4.69, 9.17) is 16.3 Å². The number of hydrogen-bond donors (Lipinski definition) is 0. The lowest BCUT2D eigenvalue weighted by Gasteiger charge is -2.00. The fraction of sp³-hybridized carbons (Fsp3) is 1.00. The second-order valence-electron chi connectivity index (χ2n) is 1.31. The van der Waals surface area contributed by atoms with Crippen molar-refractivity contribution < 1.29 is 13.9 Å². The van der Waals surface area contributed by atoms with Gasteiger partial charge in [0.05, 0.1) is 13.2 Å². The van der Waals surface area contributed by atoms with E-state index in [0.29, 0.717) is 12.5 Å². The maximum atomic E-state index is 11.3. The molecule has 0 rings (SSSR count). The number of alkyl halides is 2. The van der Waals surface area contributed by atoms with Crippen LogP contribution in [0.2, 0.25) is 0 Å². The van der Waals surface area contributed by atoms with Crippen molar-refractivity contribution in [1.29, 1.82) is 0 Å². The standard InChI is InChI=1S/C5H10ClFO2/c6-1-3-8-5-9-4-2-7/h1-5H2. The average molecular weight is 157 g/mol. The molecule has 4 heteroatoms. The summed E-state index contributed by atoms with van der Waals surface area (Å²) in [5.41, 5.74) is 0. The van der Waals surface area contributed by atoms with E-state index in [9.17, 15) is 4.39 Å². The summed E-state index contributed by atoms with van der Waals surface area (Å²) < 4.78 is 20.7. The van der Waals surface area contributed by atoms with Gasteiger partial charge in [0.25, 0.3) is 0 Å². The molecular weight excluding hydrogens is 147 g/mol. The maximum Gasteiger partial charge on any atom is 0.146 e. The van der Waals surface area contributed by atoms with Crippen LogP contribution in [0.25, 0.3) is 0 Å². The van der Waals surface area contributed by atoms with Crippen LogP contribution in [0.3, 0.4) is 0 Å². The first kappa shape index (κ1) is 9.14. The van der Waals surface area contributed by atoms with Crippen LogP contribution in [0.4, 0.5) is 4.39 Å². The summed E-state index contributed by atoms with van der Waals surface area (Å²) in [5.74, 6) is 0.443. The molecule has 0 aromatic carbocycles. The fourth-order valence-corrected chi connectivity index (χ4v) is 0.395. The molecule has 0 aromatic rings. The minimum atomic E-state index is -0.468. The van der Waals surface area contributed by atoms with Crippen molar-refractivity contribution in [3.8, 4) is 0 Å². The van der Waals surface area contributed by atoms with Crippen LogP contribution in [-0.4, -0.2) is 32.6 Å². The van der Waals surface area contributed by atoms with Crippen molar-refractivity contribution in [2.75, 3.05) is 32.6 Å². The van der Waals surface area contributed by atoms with E-state index in [2.05, 4.69) is 4.74 Å². The number of rotatable bonds is 6. The third-order valence-electron chi connectivity index (χ3n) is 0.610. The first-order valence-electron chi connectivity index (χ1n) is 2.69. The molecule has 0 saturated heterocycles. The largest absolute Gasteiger partial charge is 0.354 e. The summed E-state index contributed by atoms with van der Waals surface area (Å²) in [6.07, 6.45) is 0. The second kappa shape index (κ2) is 8.14. The zero-order chi connectivity index (χ0) is 6.95. The van der Waals surface area contributed by atoms with E-state index in [1.54, 1.807) is 0 Å². The Hall–Kier alpha value is 0.140. The van der Waals surface area contributed by atoms with E-state index in [-0.39, 0.29) is 13.4 Å². The van der Waals surface area contributed by atoms with Gasteiger partial charge in [-0.25, -0.2) is 4.39 Å². The summed E-state index contributed by atoms with van der Waals surface area (Å²) >= 11 is 5.26. The van der Waals surface area contributed by atoms with Gasteiger partial charge in [0.1, 0.15) is 13.5 Å². The highest BCUT2D eigenvalue weighted by Gasteiger charge is 1.85. The lowest BCUT2D eigenvalue weighted by Crippen LogP contribution is -2.04. The molecule has 0 amide bonds. The molecule has 2 nitrogen and oxygen atoms in total. The lowest BCUT2D eigenvalue weighted by atomic mass is 10.8. The number of ether oxygens (including phenoxy) is 2. The Morgan fingerprint density at radius 2 is 1.89 bits per heavy atom. The average Bonchev–Trinajstić information content (AvgIpc) is 1.89. The van der Waals surface area contributed by atoms with Crippen LogP contribution in [0.15, 0.2) is 0 Å². The molecule has 56 valence electrons. The topological polar surface area (TPSA) is 18.5 Å². The van der Waals surface area contributed by atoms with Gasteiger partial charge in [0.15, 0.2) is 0 Å². The molecule has 0 aliphatic heterocycles. The van der Waals surface area contributed by atoms with Gasteiger partial charge in [-0.3, -0.25) is 0 Å². The van der Waals surface area contributed by atoms with Gasteiger partial charge in [-0.2, -0.15) is 0 Å². The molecule has 0 atom stereocenters. The van der Waals surface area contributed by atoms with Gasteiger partial charge in [-0.1, -0.05) is 0 Å². The molecule has 0 radical (unpaired) electrons. The molecule has 0 fully saturated rings. The SMILES string of the molecule is FCCOCOCCCl. The first-order chi connectivity index (χ1) is 4.41. The predicted octanol–water partition coefficient (Wildman–Crippen LogP) is 1.19. The zero-order valence-corrected chi connectivity index (χ0v) is 5.86. The second-order valence-corrected chi connectivity index (χ2v) is 1.69. The Bertz CT molecular complexity index is 48.2. The Kier molecular flexibility index (Phi) is 8.27. The molecule has 0 aliphatic rings. The van der Waals surface area contributed by atoms with Crippen LogP contribution in [0.5, 0.6) is 0 Å². The molecular formula is C5H10ClFO2. The highest BCUT2D eigenvalue weighted by Crippen LogP contribution is 1.80. The third-order valence-corrected chi connectivity index (χ3v) is 0.764. The van der Waals surface area contributed by atoms with E-state index < -0.39 is 6.67 Å². The lowest BCUT2D eigenvalue weighted by molar-refractivity contribution is -0.0517. The normalized spacial score (nSPS) is 10.0. The van der Waals surface area contributed by atoms with Crippen molar-refractivity contribution in [1.82, 2.24) is 0 Å². The smallest absolute Gasteiger partial charge is 0.146 e. The fourth-order valence-electron chi connectivity index (χ4n) is 0.286. The molecule has 0 N–H and O–H groups in total. The monoisotopic (exact) mass is 156 g/mol. The summed E-state index contributed by atoms with van der Waals surface area (Å²) in [6, 6.07) is 0. The molecule has 0 saturated carbocycles. The van der Waals surface area contributed by atoms with Crippen LogP contribution < -0.4 is 0 Å². The minimum Gasteiger partial charge on any atom is -0.354 e. The van der Waals surface area contributed by atoms with Gasteiger partial charge >= 0.3 is 0 Å². The summed E-state index contributed by atoms with van der Waals surface area (Å²) in [6.45, 7) is 0.219. The summed E-state index contributed by atoms with van der Waals surface area (Å²) in [4.78, 5) is 0. The predicted molar refractivity (Wildman–Crippen MR) is 33.5 cm³/mol. The van der Waals surface area contributed by atoms with Gasteiger partial charge in [-0.15, -0.1) is 11.6 Å². The molecule has 9 heavy (non-hydrogen) atoms. The first-order valence-corrected chi connectivity index (χ1v) is 3.22. The van der Waals surface area contributed by atoms with E-state index in [1.165, 1.54) is 0 Å². The van der Waals surface area contributed by atoms with Gasteiger partial charge in [0.2, 0.25) is 0 Å². The van der Waals surface area contributed by atoms with E-state index in [1.807, 2.05) is 0 Å². The van der Waals surface area contributed by atoms with Crippen molar-refractivity contribution >= 4 is 11.6 Å². The molecule has 0 aromatic heterocycles. The van der Waals surface area contributed by atoms with Crippen LogP contribution in [0, 0.1) is 0 Å². The zero-order valence-electron chi connectivity index (χ0n) is 5.11. The van der Waals surface area contributed by atoms with Crippen molar-refractivity contribution in [3.63, 3.8) is 0 Å². The minimum absolute atomic E-state index is 0.0995. The van der Waals surface area contributed by atoms with Gasteiger partial charge in [0, 0.05) is 5.88 Å². The van der Waals surface area contributed by atoms with Crippen molar-refractivity contribution in [2.45, 2.75) is 0 Å². The number of halogens is 2. The Morgan fingerprint density at radius 3 is 2.44 bits per heavy atom. The van der Waals surface area contributed by atoms with Crippen LogP contribution in [-0.2, 0) is 9.47 Å². The van der Waals surface area contributed by atoms with Crippen molar-refractivity contribution in [2.24, 2.45) is 0 Å². The summed E-state index contributed by atoms with van der Waals surface area (Å²) in [7, 11) is 0.